The van der Waals surface area contributed by atoms with Crippen LogP contribution in [0.1, 0.15) is 24.3 Å². The third-order valence-electron chi connectivity index (χ3n) is 4.34. The number of anilines is 1. The average molecular weight is 287 g/mol. The fourth-order valence-corrected chi connectivity index (χ4v) is 3.04. The third-order valence-corrected chi connectivity index (χ3v) is 4.34. The maximum Gasteiger partial charge on any atom is 0.247 e. The molecule has 3 rings (SSSR count). The Morgan fingerprint density at radius 3 is 2.81 bits per heavy atom. The van der Waals surface area contributed by atoms with Gasteiger partial charge in [0.25, 0.3) is 0 Å². The molecular formula is C16H21N3O2. The Morgan fingerprint density at radius 1 is 1.19 bits per heavy atom. The van der Waals surface area contributed by atoms with Gasteiger partial charge in [0.15, 0.2) is 0 Å². The van der Waals surface area contributed by atoms with E-state index in [1.54, 1.807) is 11.9 Å². The van der Waals surface area contributed by atoms with E-state index in [2.05, 4.69) is 17.4 Å². The molecule has 2 heterocycles. The molecular weight excluding hydrogens is 266 g/mol. The van der Waals surface area contributed by atoms with Crippen LogP contribution in [0, 0.1) is 0 Å². The zero-order chi connectivity index (χ0) is 14.8. The number of carbonyl (C=O) groups excluding carboxylic acids is 2. The van der Waals surface area contributed by atoms with Crippen molar-refractivity contribution in [3.8, 4) is 0 Å². The van der Waals surface area contributed by atoms with E-state index >= 15 is 0 Å². The maximum atomic E-state index is 12.2. The quantitative estimate of drug-likeness (QED) is 0.881. The van der Waals surface area contributed by atoms with Gasteiger partial charge >= 0.3 is 0 Å². The molecule has 1 atom stereocenters. The minimum absolute atomic E-state index is 0.0145. The van der Waals surface area contributed by atoms with E-state index in [0.29, 0.717) is 5.92 Å². The topological polar surface area (TPSA) is 52.7 Å². The molecule has 0 aromatic heterocycles. The van der Waals surface area contributed by atoms with Crippen molar-refractivity contribution in [2.45, 2.75) is 18.8 Å². The molecule has 2 amide bonds. The van der Waals surface area contributed by atoms with E-state index in [9.17, 15) is 9.59 Å². The van der Waals surface area contributed by atoms with Crippen molar-refractivity contribution >= 4 is 17.5 Å². The summed E-state index contributed by atoms with van der Waals surface area (Å²) in [5.74, 6) is 0.465. The summed E-state index contributed by atoms with van der Waals surface area (Å²) in [6.45, 7) is 2.37. The summed E-state index contributed by atoms with van der Waals surface area (Å²) in [6.07, 6.45) is 2.35. The summed E-state index contributed by atoms with van der Waals surface area (Å²) in [6, 6.07) is 8.07. The van der Waals surface area contributed by atoms with Crippen molar-refractivity contribution in [3.63, 3.8) is 0 Å². The number of nitrogens with one attached hydrogen (secondary N) is 1. The zero-order valence-corrected chi connectivity index (χ0v) is 12.3. The van der Waals surface area contributed by atoms with Gasteiger partial charge in [-0.3, -0.25) is 9.59 Å². The summed E-state index contributed by atoms with van der Waals surface area (Å²) in [5, 5.41) is 3.41. The van der Waals surface area contributed by atoms with Gasteiger partial charge in [-0.2, -0.15) is 0 Å². The highest BCUT2D eigenvalue weighted by molar-refractivity contribution is 6.04. The molecule has 0 bridgehead atoms. The van der Waals surface area contributed by atoms with Gasteiger partial charge in [-0.25, -0.2) is 0 Å². The summed E-state index contributed by atoms with van der Waals surface area (Å²) < 4.78 is 0. The van der Waals surface area contributed by atoms with Crippen LogP contribution >= 0.6 is 0 Å². The highest BCUT2D eigenvalue weighted by Gasteiger charge is 2.28. The summed E-state index contributed by atoms with van der Waals surface area (Å²) in [5.41, 5.74) is 2.09. The van der Waals surface area contributed by atoms with Crippen molar-refractivity contribution in [2.24, 2.45) is 0 Å². The Morgan fingerprint density at radius 2 is 2.05 bits per heavy atom. The lowest BCUT2D eigenvalue weighted by atomic mass is 9.91. The normalized spacial score (nSPS) is 23.6. The average Bonchev–Trinajstić information content (AvgIpc) is 2.52. The lowest BCUT2D eigenvalue weighted by molar-refractivity contribution is -0.136. The number of piperazine rings is 1. The lowest BCUT2D eigenvalue weighted by Crippen LogP contribution is -2.52. The number of rotatable bonds is 2. The van der Waals surface area contributed by atoms with Crippen LogP contribution in [0.4, 0.5) is 5.69 Å². The molecule has 2 fully saturated rings. The molecule has 0 radical (unpaired) electrons. The van der Waals surface area contributed by atoms with Gasteiger partial charge in [0.05, 0.1) is 6.54 Å². The molecule has 1 aromatic carbocycles. The number of amides is 2. The molecule has 1 aromatic rings. The van der Waals surface area contributed by atoms with Crippen molar-refractivity contribution in [2.75, 3.05) is 38.1 Å². The summed E-state index contributed by atoms with van der Waals surface area (Å²) >= 11 is 0. The molecule has 2 saturated heterocycles. The standard InChI is InChI=1S/C16H21N3O2/c1-18-10-16(21)19(11-15(18)20)14-6-2-4-12(8-14)13-5-3-7-17-9-13/h2,4,6,8,13,17H,3,5,7,9-11H2,1H3. The van der Waals surface area contributed by atoms with Gasteiger partial charge in [-0.1, -0.05) is 12.1 Å². The molecule has 2 aliphatic heterocycles. The van der Waals surface area contributed by atoms with Crippen LogP contribution in [-0.2, 0) is 9.59 Å². The van der Waals surface area contributed by atoms with Crippen LogP contribution in [0.15, 0.2) is 24.3 Å². The molecule has 1 unspecified atom stereocenters. The molecule has 0 spiro atoms. The SMILES string of the molecule is CN1CC(=O)N(c2cccc(C3CCCNC3)c2)CC1=O. The van der Waals surface area contributed by atoms with Gasteiger partial charge in [0.1, 0.15) is 6.54 Å². The molecule has 5 nitrogen and oxygen atoms in total. The minimum atomic E-state index is -0.0176. The molecule has 2 aliphatic rings. The van der Waals surface area contributed by atoms with Gasteiger partial charge in [-0.05, 0) is 43.0 Å². The number of likely N-dealkylation sites (N-methyl/N-ethyl adjacent to an activating group) is 1. The molecule has 21 heavy (non-hydrogen) atoms. The van der Waals surface area contributed by atoms with E-state index in [-0.39, 0.29) is 24.9 Å². The van der Waals surface area contributed by atoms with Crippen LogP contribution in [0.25, 0.3) is 0 Å². The Hall–Kier alpha value is -1.88. The first kappa shape index (κ1) is 14.1. The highest BCUT2D eigenvalue weighted by atomic mass is 16.2. The second kappa shape index (κ2) is 5.85. The summed E-state index contributed by atoms with van der Waals surface area (Å²) in [7, 11) is 1.67. The number of piperidine rings is 1. The fourth-order valence-electron chi connectivity index (χ4n) is 3.04. The largest absolute Gasteiger partial charge is 0.335 e. The Balaban J connectivity index is 1.82. The Labute approximate surface area is 124 Å². The van der Waals surface area contributed by atoms with Crippen LogP contribution in [0.3, 0.4) is 0 Å². The third kappa shape index (κ3) is 2.93. The second-order valence-electron chi connectivity index (χ2n) is 5.87. The van der Waals surface area contributed by atoms with E-state index < -0.39 is 0 Å². The van der Waals surface area contributed by atoms with Crippen molar-refractivity contribution in [1.29, 1.82) is 0 Å². The van der Waals surface area contributed by atoms with Crippen molar-refractivity contribution < 1.29 is 9.59 Å². The van der Waals surface area contributed by atoms with Gasteiger partial charge in [0, 0.05) is 19.3 Å². The van der Waals surface area contributed by atoms with E-state index in [0.717, 1.165) is 18.8 Å². The van der Waals surface area contributed by atoms with Gasteiger partial charge < -0.3 is 15.1 Å². The Bertz CT molecular complexity index is 552. The number of benzene rings is 1. The first-order chi connectivity index (χ1) is 10.1. The highest BCUT2D eigenvalue weighted by Crippen LogP contribution is 2.27. The van der Waals surface area contributed by atoms with Crippen LogP contribution < -0.4 is 10.2 Å². The molecule has 112 valence electrons. The number of nitrogens with zero attached hydrogens (tertiary/aromatic N) is 2. The van der Waals surface area contributed by atoms with E-state index in [1.807, 2.05) is 12.1 Å². The first-order valence-electron chi connectivity index (χ1n) is 7.50. The van der Waals surface area contributed by atoms with Crippen LogP contribution in [0.2, 0.25) is 0 Å². The van der Waals surface area contributed by atoms with Crippen molar-refractivity contribution in [3.05, 3.63) is 29.8 Å². The monoisotopic (exact) mass is 287 g/mol. The second-order valence-corrected chi connectivity index (χ2v) is 5.87. The fraction of sp³-hybridized carbons (Fsp3) is 0.500. The van der Waals surface area contributed by atoms with Gasteiger partial charge in [0.2, 0.25) is 11.8 Å². The Kier molecular flexibility index (Phi) is 3.92. The molecule has 1 N–H and O–H groups in total. The zero-order valence-electron chi connectivity index (χ0n) is 12.3. The number of carbonyl (C=O) groups is 2. The van der Waals surface area contributed by atoms with E-state index in [4.69, 9.17) is 0 Å². The summed E-state index contributed by atoms with van der Waals surface area (Å²) in [4.78, 5) is 27.1. The predicted molar refractivity (Wildman–Crippen MR) is 81.3 cm³/mol. The predicted octanol–water partition coefficient (Wildman–Crippen LogP) is 0.959. The minimum Gasteiger partial charge on any atom is -0.335 e. The lowest BCUT2D eigenvalue weighted by Gasteiger charge is -2.32. The first-order valence-corrected chi connectivity index (χ1v) is 7.50. The van der Waals surface area contributed by atoms with Crippen molar-refractivity contribution in [1.82, 2.24) is 10.2 Å². The maximum absolute atomic E-state index is 12.2. The number of hydrogen-bond acceptors (Lipinski definition) is 3. The smallest absolute Gasteiger partial charge is 0.247 e. The number of hydrogen-bond donors (Lipinski definition) is 1. The van der Waals surface area contributed by atoms with E-state index in [1.165, 1.54) is 23.3 Å². The van der Waals surface area contributed by atoms with Crippen LogP contribution in [-0.4, -0.2) is 49.9 Å². The molecule has 5 heteroatoms. The molecule has 0 saturated carbocycles. The molecule has 0 aliphatic carbocycles. The van der Waals surface area contributed by atoms with Gasteiger partial charge in [-0.15, -0.1) is 0 Å². The van der Waals surface area contributed by atoms with Crippen LogP contribution in [0.5, 0.6) is 0 Å².